The van der Waals surface area contributed by atoms with Crippen LogP contribution in [0.5, 0.6) is 0 Å². The van der Waals surface area contributed by atoms with E-state index in [1.807, 2.05) is 0 Å². The lowest BCUT2D eigenvalue weighted by Crippen LogP contribution is -1.65. The van der Waals surface area contributed by atoms with Crippen molar-refractivity contribution in [3.8, 4) is 0 Å². The zero-order valence-corrected chi connectivity index (χ0v) is 4.96. The van der Waals surface area contributed by atoms with Gasteiger partial charge in [-0.2, -0.15) is 0 Å². The summed E-state index contributed by atoms with van der Waals surface area (Å²) in [7, 11) is 0. The van der Waals surface area contributed by atoms with E-state index < -0.39 is 0 Å². The number of aryl methyl sites for hydroxylation is 1. The molecule has 0 aliphatic heterocycles. The standard InChI is InChI=1S/C5H6NS/c1-2-5-3-6-4-7-5/h4H,2H2,1H3. The minimum Gasteiger partial charge on any atom is -0.243 e. The van der Waals surface area contributed by atoms with E-state index in [2.05, 4.69) is 18.1 Å². The van der Waals surface area contributed by atoms with Gasteiger partial charge in [0.15, 0.2) is 0 Å². The van der Waals surface area contributed by atoms with Gasteiger partial charge < -0.3 is 0 Å². The summed E-state index contributed by atoms with van der Waals surface area (Å²) in [6, 6.07) is 0. The van der Waals surface area contributed by atoms with Crippen LogP contribution in [0.15, 0.2) is 5.51 Å². The molecule has 0 saturated carbocycles. The number of thiazole rings is 1. The van der Waals surface area contributed by atoms with E-state index in [0.717, 1.165) is 6.42 Å². The van der Waals surface area contributed by atoms with Crippen LogP contribution in [0.2, 0.25) is 0 Å². The summed E-state index contributed by atoms with van der Waals surface area (Å²) < 4.78 is 0. The van der Waals surface area contributed by atoms with Crippen molar-refractivity contribution in [3.63, 3.8) is 0 Å². The number of rotatable bonds is 1. The zero-order chi connectivity index (χ0) is 5.11. The van der Waals surface area contributed by atoms with Gasteiger partial charge in [0.1, 0.15) is 6.20 Å². The molecule has 0 aromatic carbocycles. The van der Waals surface area contributed by atoms with Crippen molar-refractivity contribution in [2.75, 3.05) is 0 Å². The van der Waals surface area contributed by atoms with Gasteiger partial charge >= 0.3 is 0 Å². The van der Waals surface area contributed by atoms with E-state index in [0.29, 0.717) is 0 Å². The molecular weight excluding hydrogens is 106 g/mol. The molecule has 1 aromatic rings. The molecule has 1 heterocycles. The van der Waals surface area contributed by atoms with Crippen molar-refractivity contribution in [2.24, 2.45) is 0 Å². The fourth-order valence-electron chi connectivity index (χ4n) is 0.377. The van der Waals surface area contributed by atoms with Crippen molar-refractivity contribution < 1.29 is 0 Å². The van der Waals surface area contributed by atoms with E-state index in [1.165, 1.54) is 4.88 Å². The highest BCUT2D eigenvalue weighted by atomic mass is 32.1. The molecule has 1 rings (SSSR count). The van der Waals surface area contributed by atoms with Crippen LogP contribution >= 0.6 is 11.3 Å². The Morgan fingerprint density at radius 2 is 2.86 bits per heavy atom. The molecule has 1 aromatic heterocycles. The van der Waals surface area contributed by atoms with Gasteiger partial charge in [0.05, 0.1) is 5.51 Å². The molecule has 0 bridgehead atoms. The number of hydrogen-bond acceptors (Lipinski definition) is 2. The van der Waals surface area contributed by atoms with E-state index in [9.17, 15) is 0 Å². The maximum absolute atomic E-state index is 3.79. The summed E-state index contributed by atoms with van der Waals surface area (Å²) in [4.78, 5) is 5.02. The fraction of sp³-hybridized carbons (Fsp3) is 0.400. The molecule has 37 valence electrons. The Labute approximate surface area is 47.0 Å². The molecule has 0 aliphatic carbocycles. The van der Waals surface area contributed by atoms with Gasteiger partial charge in [-0.1, -0.05) is 6.92 Å². The average molecular weight is 112 g/mol. The van der Waals surface area contributed by atoms with E-state index in [1.54, 1.807) is 16.8 Å². The molecule has 0 N–H and O–H groups in total. The summed E-state index contributed by atoms with van der Waals surface area (Å²) in [5, 5.41) is 0. The quantitative estimate of drug-likeness (QED) is 0.536. The monoisotopic (exact) mass is 112 g/mol. The Morgan fingerprint density at radius 3 is 3.14 bits per heavy atom. The third kappa shape index (κ3) is 0.996. The number of nitrogens with zero attached hydrogens (tertiary/aromatic N) is 1. The van der Waals surface area contributed by atoms with Crippen LogP contribution in [-0.2, 0) is 6.42 Å². The molecular formula is C5H6NS. The van der Waals surface area contributed by atoms with Gasteiger partial charge in [-0.05, 0) is 6.42 Å². The molecule has 0 amide bonds. The minimum atomic E-state index is 1.06. The Kier molecular flexibility index (Phi) is 1.42. The first-order valence-electron chi connectivity index (χ1n) is 2.23. The molecule has 2 heteroatoms. The van der Waals surface area contributed by atoms with Gasteiger partial charge in [-0.15, -0.1) is 11.3 Å². The van der Waals surface area contributed by atoms with Crippen molar-refractivity contribution >= 4 is 11.3 Å². The highest BCUT2D eigenvalue weighted by Gasteiger charge is 1.85. The van der Waals surface area contributed by atoms with Crippen LogP contribution in [0, 0.1) is 6.20 Å². The lowest BCUT2D eigenvalue weighted by molar-refractivity contribution is 1.16. The molecule has 0 spiro atoms. The van der Waals surface area contributed by atoms with E-state index >= 15 is 0 Å². The van der Waals surface area contributed by atoms with Gasteiger partial charge in [0.25, 0.3) is 0 Å². The predicted octanol–water partition coefficient (Wildman–Crippen LogP) is 1.51. The number of aromatic nitrogens is 1. The third-order valence-corrected chi connectivity index (χ3v) is 1.63. The van der Waals surface area contributed by atoms with Gasteiger partial charge in [-0.25, -0.2) is 4.98 Å². The maximum Gasteiger partial charge on any atom is 0.104 e. The highest BCUT2D eigenvalue weighted by Crippen LogP contribution is 2.03. The summed E-state index contributed by atoms with van der Waals surface area (Å²) in [5.74, 6) is 0. The second-order valence-corrected chi connectivity index (χ2v) is 2.18. The molecule has 0 aliphatic rings. The first-order valence-corrected chi connectivity index (χ1v) is 3.11. The van der Waals surface area contributed by atoms with Crippen LogP contribution in [0.3, 0.4) is 0 Å². The Morgan fingerprint density at radius 1 is 2.00 bits per heavy atom. The molecule has 1 nitrogen and oxygen atoms in total. The van der Waals surface area contributed by atoms with Crippen LogP contribution < -0.4 is 0 Å². The molecule has 1 radical (unpaired) electrons. The fourth-order valence-corrected chi connectivity index (χ4v) is 0.882. The SMILES string of the molecule is CCc1[c]ncs1. The molecule has 0 fully saturated rings. The summed E-state index contributed by atoms with van der Waals surface area (Å²) in [6.07, 6.45) is 3.92. The normalized spacial score (nSPS) is 9.29. The van der Waals surface area contributed by atoms with Crippen LogP contribution in [-0.4, -0.2) is 4.98 Å². The lowest BCUT2D eigenvalue weighted by Gasteiger charge is -1.75. The van der Waals surface area contributed by atoms with Crippen LogP contribution in [0.4, 0.5) is 0 Å². The molecule has 0 atom stereocenters. The van der Waals surface area contributed by atoms with E-state index in [-0.39, 0.29) is 0 Å². The number of hydrogen-bond donors (Lipinski definition) is 0. The Hall–Kier alpha value is -0.370. The third-order valence-electron chi connectivity index (χ3n) is 0.758. The molecule has 0 saturated heterocycles. The Balaban J connectivity index is 2.76. The maximum atomic E-state index is 3.79. The zero-order valence-electron chi connectivity index (χ0n) is 4.14. The van der Waals surface area contributed by atoms with Gasteiger partial charge in [0.2, 0.25) is 0 Å². The van der Waals surface area contributed by atoms with Gasteiger partial charge in [0, 0.05) is 4.88 Å². The highest BCUT2D eigenvalue weighted by molar-refractivity contribution is 7.09. The first kappa shape index (κ1) is 4.78. The summed E-state index contributed by atoms with van der Waals surface area (Å²) >= 11 is 1.66. The summed E-state index contributed by atoms with van der Waals surface area (Å²) in [5.41, 5.74) is 1.80. The topological polar surface area (TPSA) is 12.9 Å². The second-order valence-electron chi connectivity index (χ2n) is 1.24. The van der Waals surface area contributed by atoms with Crippen molar-refractivity contribution in [1.29, 1.82) is 0 Å². The average Bonchev–Trinajstić information content (AvgIpc) is 2.14. The predicted molar refractivity (Wildman–Crippen MR) is 30.3 cm³/mol. The van der Waals surface area contributed by atoms with Crippen molar-refractivity contribution in [2.45, 2.75) is 13.3 Å². The van der Waals surface area contributed by atoms with E-state index in [4.69, 9.17) is 0 Å². The summed E-state index contributed by atoms with van der Waals surface area (Å²) in [6.45, 7) is 2.10. The molecule has 7 heavy (non-hydrogen) atoms. The van der Waals surface area contributed by atoms with Gasteiger partial charge in [-0.3, -0.25) is 0 Å². The van der Waals surface area contributed by atoms with Crippen molar-refractivity contribution in [3.05, 3.63) is 16.6 Å². The van der Waals surface area contributed by atoms with Crippen molar-refractivity contribution in [1.82, 2.24) is 4.98 Å². The van der Waals surface area contributed by atoms with Crippen LogP contribution in [0.25, 0.3) is 0 Å². The minimum absolute atomic E-state index is 1.06. The smallest absolute Gasteiger partial charge is 0.104 e. The lowest BCUT2D eigenvalue weighted by atomic mass is 10.4. The van der Waals surface area contributed by atoms with Crippen LogP contribution in [0.1, 0.15) is 11.8 Å². The Bertz CT molecular complexity index is 123. The first-order chi connectivity index (χ1) is 3.43. The largest absolute Gasteiger partial charge is 0.243 e. The second kappa shape index (κ2) is 2.07. The molecule has 0 unspecified atom stereocenters.